The minimum atomic E-state index is 0.0436. The molecule has 0 fully saturated rings. The summed E-state index contributed by atoms with van der Waals surface area (Å²) in [5, 5.41) is 2.88. The number of aryl methyl sites for hydroxylation is 1. The van der Waals surface area contributed by atoms with Crippen molar-refractivity contribution in [3.63, 3.8) is 0 Å². The summed E-state index contributed by atoms with van der Waals surface area (Å²) in [6.45, 7) is 3.13. The zero-order chi connectivity index (χ0) is 17.2. The summed E-state index contributed by atoms with van der Waals surface area (Å²) >= 11 is 5.02. The molecule has 0 aliphatic rings. The summed E-state index contributed by atoms with van der Waals surface area (Å²) in [4.78, 5) is 11.8. The molecule has 0 saturated heterocycles. The summed E-state index contributed by atoms with van der Waals surface area (Å²) < 4.78 is 6.68. The van der Waals surface area contributed by atoms with Crippen molar-refractivity contribution in [3.05, 3.63) is 64.1 Å². The number of halogens is 1. The molecule has 1 N–H and O–H groups in total. The fourth-order valence-electron chi connectivity index (χ4n) is 2.07. The van der Waals surface area contributed by atoms with E-state index in [4.69, 9.17) is 4.74 Å². The highest BCUT2D eigenvalue weighted by Crippen LogP contribution is 2.15. The molecule has 1 amide bonds. The summed E-state index contributed by atoms with van der Waals surface area (Å²) in [7, 11) is 0. The fourth-order valence-corrected chi connectivity index (χ4v) is 3.16. The van der Waals surface area contributed by atoms with Crippen LogP contribution in [-0.4, -0.2) is 24.8 Å². The highest BCUT2D eigenvalue weighted by molar-refractivity contribution is 9.10. The fraction of sp³-hybridized carbons (Fsp3) is 0.316. The molecular weight excluding hydrogens is 386 g/mol. The predicted octanol–water partition coefficient (Wildman–Crippen LogP) is 4.44. The Balaban J connectivity index is 1.56. The number of amides is 1. The predicted molar refractivity (Wildman–Crippen MR) is 105 cm³/mol. The number of thioether (sulfide) groups is 1. The van der Waals surface area contributed by atoms with Crippen LogP contribution in [0.2, 0.25) is 0 Å². The lowest BCUT2D eigenvalue weighted by atomic mass is 10.2. The minimum Gasteiger partial charge on any atom is -0.492 e. The molecular formula is C19H22BrNO2S. The number of benzene rings is 2. The van der Waals surface area contributed by atoms with Crippen molar-refractivity contribution < 1.29 is 9.53 Å². The minimum absolute atomic E-state index is 0.0436. The Morgan fingerprint density at radius 3 is 2.42 bits per heavy atom. The number of ether oxygens (including phenoxy) is 1. The molecule has 0 aliphatic heterocycles. The highest BCUT2D eigenvalue weighted by atomic mass is 79.9. The monoisotopic (exact) mass is 407 g/mol. The van der Waals surface area contributed by atoms with Crippen molar-refractivity contribution in [1.29, 1.82) is 0 Å². The van der Waals surface area contributed by atoms with Crippen LogP contribution in [0.5, 0.6) is 5.75 Å². The molecule has 3 nitrogen and oxygen atoms in total. The number of carbonyl (C=O) groups excluding carboxylic acids is 1. The summed E-state index contributed by atoms with van der Waals surface area (Å²) in [6.07, 6.45) is 1.02. The summed E-state index contributed by atoms with van der Waals surface area (Å²) in [5.74, 6) is 2.18. The smallest absolute Gasteiger partial charge is 0.230 e. The highest BCUT2D eigenvalue weighted by Gasteiger charge is 2.02. The molecule has 0 spiro atoms. The average molecular weight is 408 g/mol. The second-order valence-corrected chi connectivity index (χ2v) is 7.22. The van der Waals surface area contributed by atoms with E-state index in [9.17, 15) is 4.79 Å². The average Bonchev–Trinajstić information content (AvgIpc) is 2.61. The molecule has 128 valence electrons. The first-order chi connectivity index (χ1) is 11.7. The van der Waals surface area contributed by atoms with Crippen molar-refractivity contribution in [1.82, 2.24) is 5.32 Å². The summed E-state index contributed by atoms with van der Waals surface area (Å²) in [5.41, 5.74) is 2.51. The van der Waals surface area contributed by atoms with Crippen molar-refractivity contribution in [2.45, 2.75) is 19.1 Å². The van der Waals surface area contributed by atoms with Crippen LogP contribution < -0.4 is 10.1 Å². The molecule has 0 heterocycles. The van der Waals surface area contributed by atoms with Gasteiger partial charge >= 0.3 is 0 Å². The maximum Gasteiger partial charge on any atom is 0.230 e. The third kappa shape index (κ3) is 6.97. The van der Waals surface area contributed by atoms with E-state index in [0.29, 0.717) is 18.9 Å². The van der Waals surface area contributed by atoms with Crippen LogP contribution in [0.1, 0.15) is 18.1 Å². The molecule has 2 rings (SSSR count). The van der Waals surface area contributed by atoms with E-state index in [1.54, 1.807) is 11.8 Å². The number of hydrogen-bond donors (Lipinski definition) is 1. The van der Waals surface area contributed by atoms with Gasteiger partial charge in [-0.25, -0.2) is 0 Å². The maximum absolute atomic E-state index is 11.8. The first-order valence-corrected chi connectivity index (χ1v) is 9.93. The van der Waals surface area contributed by atoms with E-state index >= 15 is 0 Å². The zero-order valence-corrected chi connectivity index (χ0v) is 16.2. The molecule has 0 aliphatic carbocycles. The second kappa shape index (κ2) is 10.4. The van der Waals surface area contributed by atoms with E-state index in [1.165, 1.54) is 11.1 Å². The van der Waals surface area contributed by atoms with Crippen LogP contribution in [0, 0.1) is 0 Å². The van der Waals surface area contributed by atoms with Gasteiger partial charge in [0.1, 0.15) is 12.4 Å². The van der Waals surface area contributed by atoms with Gasteiger partial charge in [0.25, 0.3) is 0 Å². The van der Waals surface area contributed by atoms with Crippen LogP contribution >= 0.6 is 27.7 Å². The molecule has 24 heavy (non-hydrogen) atoms. The summed E-state index contributed by atoms with van der Waals surface area (Å²) in [6, 6.07) is 16.2. The lowest BCUT2D eigenvalue weighted by molar-refractivity contribution is -0.118. The Kier molecular flexibility index (Phi) is 8.19. The number of hydrogen-bond acceptors (Lipinski definition) is 3. The normalized spacial score (nSPS) is 10.4. The van der Waals surface area contributed by atoms with Crippen LogP contribution in [0.25, 0.3) is 0 Å². The molecule has 0 saturated carbocycles. The van der Waals surface area contributed by atoms with Gasteiger partial charge in [-0.1, -0.05) is 47.1 Å². The number of carbonyl (C=O) groups is 1. The first kappa shape index (κ1) is 18.9. The molecule has 2 aromatic rings. The first-order valence-electron chi connectivity index (χ1n) is 7.98. The van der Waals surface area contributed by atoms with E-state index in [0.717, 1.165) is 22.4 Å². The second-order valence-electron chi connectivity index (χ2n) is 5.32. The van der Waals surface area contributed by atoms with Crippen molar-refractivity contribution in [2.75, 3.05) is 18.9 Å². The Labute approximate surface area is 156 Å². The third-order valence-corrected chi connectivity index (χ3v) is 4.97. The van der Waals surface area contributed by atoms with Crippen molar-refractivity contribution >= 4 is 33.6 Å². The van der Waals surface area contributed by atoms with Gasteiger partial charge in [-0.3, -0.25) is 4.79 Å². The Morgan fingerprint density at radius 2 is 1.75 bits per heavy atom. The van der Waals surface area contributed by atoms with Gasteiger partial charge in [-0.15, -0.1) is 11.8 Å². The largest absolute Gasteiger partial charge is 0.492 e. The van der Waals surface area contributed by atoms with Gasteiger partial charge in [-0.05, 0) is 41.8 Å². The molecule has 0 aromatic heterocycles. The Morgan fingerprint density at radius 1 is 1.08 bits per heavy atom. The van der Waals surface area contributed by atoms with Crippen LogP contribution in [-0.2, 0) is 17.0 Å². The molecule has 0 radical (unpaired) electrons. The van der Waals surface area contributed by atoms with E-state index in [2.05, 4.69) is 52.4 Å². The van der Waals surface area contributed by atoms with Crippen LogP contribution in [0.15, 0.2) is 53.0 Å². The zero-order valence-electron chi connectivity index (χ0n) is 13.8. The van der Waals surface area contributed by atoms with E-state index < -0.39 is 0 Å². The van der Waals surface area contributed by atoms with Crippen molar-refractivity contribution in [2.24, 2.45) is 0 Å². The topological polar surface area (TPSA) is 38.3 Å². The van der Waals surface area contributed by atoms with Gasteiger partial charge in [-0.2, -0.15) is 0 Å². The Hall–Kier alpha value is -1.46. The van der Waals surface area contributed by atoms with Crippen molar-refractivity contribution in [3.8, 4) is 5.75 Å². The third-order valence-electron chi connectivity index (χ3n) is 3.44. The lowest BCUT2D eigenvalue weighted by Crippen LogP contribution is -2.29. The van der Waals surface area contributed by atoms with Gasteiger partial charge < -0.3 is 10.1 Å². The van der Waals surface area contributed by atoms with Gasteiger partial charge in [0.2, 0.25) is 5.91 Å². The molecule has 0 atom stereocenters. The van der Waals surface area contributed by atoms with Gasteiger partial charge in [0.05, 0.1) is 12.3 Å². The number of nitrogens with one attached hydrogen (secondary N) is 1. The molecule has 0 unspecified atom stereocenters. The van der Waals surface area contributed by atoms with E-state index in [-0.39, 0.29) is 5.91 Å². The Bertz CT molecular complexity index is 629. The quantitative estimate of drug-likeness (QED) is 0.624. The van der Waals surface area contributed by atoms with Crippen LogP contribution in [0.3, 0.4) is 0 Å². The van der Waals surface area contributed by atoms with Crippen LogP contribution in [0.4, 0.5) is 0 Å². The lowest BCUT2D eigenvalue weighted by Gasteiger charge is -2.08. The molecule has 5 heteroatoms. The van der Waals surface area contributed by atoms with Gasteiger partial charge in [0, 0.05) is 10.2 Å². The SMILES string of the molecule is CCc1ccc(OCCNC(=O)CSCc2ccc(Br)cc2)cc1. The standard InChI is InChI=1S/C19H22BrNO2S/c1-2-15-5-9-18(10-6-15)23-12-11-21-19(22)14-24-13-16-3-7-17(20)8-4-16/h3-10H,2,11-14H2,1H3,(H,21,22). The molecule has 0 bridgehead atoms. The number of rotatable bonds is 9. The maximum atomic E-state index is 11.8. The molecule has 2 aromatic carbocycles. The van der Waals surface area contributed by atoms with Gasteiger partial charge in [0.15, 0.2) is 0 Å². The van der Waals surface area contributed by atoms with E-state index in [1.807, 2.05) is 24.3 Å².